The number of methoxy groups -OCH3 is 1. The summed E-state index contributed by atoms with van der Waals surface area (Å²) < 4.78 is 5.70. The van der Waals surface area contributed by atoms with Gasteiger partial charge in [-0.2, -0.15) is 0 Å². The number of nitrogens with zero attached hydrogens (tertiary/aromatic N) is 1. The van der Waals surface area contributed by atoms with Gasteiger partial charge in [0.15, 0.2) is 0 Å². The number of piperidine rings is 1. The van der Waals surface area contributed by atoms with Crippen molar-refractivity contribution in [1.82, 2.24) is 4.98 Å². The molecule has 138 valence electrons. The molecule has 2 aromatic rings. The van der Waals surface area contributed by atoms with Crippen LogP contribution in [0.4, 0.5) is 0 Å². The molecule has 2 N–H and O–H groups in total. The number of likely N-dealkylation sites (tertiary alicyclic amines) is 1. The quantitative estimate of drug-likeness (QED) is 0.461. The van der Waals surface area contributed by atoms with Crippen LogP contribution < -0.4 is 14.7 Å². The van der Waals surface area contributed by atoms with Crippen molar-refractivity contribution in [1.29, 1.82) is 0 Å². The first kappa shape index (κ1) is 18.6. The Morgan fingerprint density at radius 2 is 1.96 bits per heavy atom. The van der Waals surface area contributed by atoms with Gasteiger partial charge in [0.2, 0.25) is 0 Å². The van der Waals surface area contributed by atoms with E-state index < -0.39 is 0 Å². The molecule has 2 heterocycles. The van der Waals surface area contributed by atoms with Gasteiger partial charge in [-0.25, -0.2) is 0 Å². The largest absolute Gasteiger partial charge is 0.858 e. The van der Waals surface area contributed by atoms with E-state index in [1.165, 1.54) is 29.7 Å². The molecule has 26 heavy (non-hydrogen) atoms. The molecule has 1 aromatic heterocycles. The Morgan fingerprint density at radius 3 is 2.62 bits per heavy atom. The van der Waals surface area contributed by atoms with Crippen molar-refractivity contribution < 1.29 is 14.7 Å². The minimum absolute atomic E-state index is 0.173. The van der Waals surface area contributed by atoms with Gasteiger partial charge >= 0.3 is 0 Å². The van der Waals surface area contributed by atoms with Crippen LogP contribution in [0.1, 0.15) is 36.4 Å². The summed E-state index contributed by atoms with van der Waals surface area (Å²) in [6.45, 7) is 2.70. The molecule has 5 nitrogen and oxygen atoms in total. The molecule has 0 radical (unpaired) electrons. The van der Waals surface area contributed by atoms with Gasteiger partial charge in [0, 0.05) is 17.3 Å². The monoisotopic (exact) mass is 371 g/mol. The zero-order valence-corrected chi connectivity index (χ0v) is 15.8. The average Bonchev–Trinajstić information content (AvgIpc) is 2.69. The van der Waals surface area contributed by atoms with Gasteiger partial charge in [-0.15, -0.1) is 0 Å². The minimum atomic E-state index is -0.248. The van der Waals surface area contributed by atoms with Crippen LogP contribution in [-0.2, 0) is 0 Å². The Balaban J connectivity index is 1.84. The zero-order chi connectivity index (χ0) is 18.4. The molecule has 1 saturated heterocycles. The molecule has 3 rings (SSSR count). The molecule has 1 aliphatic heterocycles. The number of hydrogen-bond donors (Lipinski definition) is 2. The van der Waals surface area contributed by atoms with E-state index in [1.807, 2.05) is 12.1 Å². The number of aliphatic imine (C=N–C) groups is 1. The summed E-state index contributed by atoms with van der Waals surface area (Å²) in [5.74, 6) is 0.589. The lowest BCUT2D eigenvalue weighted by Crippen LogP contribution is -3.13. The van der Waals surface area contributed by atoms with Gasteiger partial charge in [0.1, 0.15) is 16.4 Å². The Kier molecular flexibility index (Phi) is 6.41. The Labute approximate surface area is 159 Å². The summed E-state index contributed by atoms with van der Waals surface area (Å²) in [7, 11) is 1.67. The third-order valence-electron chi connectivity index (χ3n) is 4.97. The van der Waals surface area contributed by atoms with Gasteiger partial charge in [-0.05, 0) is 61.6 Å². The van der Waals surface area contributed by atoms with E-state index in [-0.39, 0.29) is 11.9 Å². The molecule has 0 spiro atoms. The molecule has 1 aliphatic rings. The molecule has 1 atom stereocenters. The smallest absolute Gasteiger partial charge is 0.133 e. The second-order valence-corrected chi connectivity index (χ2v) is 7.01. The number of benzene rings is 1. The van der Waals surface area contributed by atoms with E-state index >= 15 is 0 Å². The average molecular weight is 372 g/mol. The highest BCUT2D eigenvalue weighted by atomic mass is 32.1. The van der Waals surface area contributed by atoms with Gasteiger partial charge < -0.3 is 19.7 Å². The minimum Gasteiger partial charge on any atom is -0.858 e. The van der Waals surface area contributed by atoms with E-state index in [1.54, 1.807) is 25.4 Å². The van der Waals surface area contributed by atoms with Crippen LogP contribution in [-0.4, -0.2) is 37.6 Å². The summed E-state index contributed by atoms with van der Waals surface area (Å²) in [5, 5.41) is 12.5. The molecule has 0 bridgehead atoms. The number of quaternary nitrogens is 1. The zero-order valence-electron chi connectivity index (χ0n) is 15.0. The topological polar surface area (TPSA) is 64.9 Å². The number of nitrogens with one attached hydrogen (secondary N) is 2. The first-order valence-electron chi connectivity index (χ1n) is 9.07. The Bertz CT molecular complexity index is 795. The van der Waals surface area contributed by atoms with Crippen LogP contribution >= 0.6 is 12.2 Å². The highest BCUT2D eigenvalue weighted by molar-refractivity contribution is 7.71. The van der Waals surface area contributed by atoms with Crippen molar-refractivity contribution in [3.05, 3.63) is 58.4 Å². The third kappa shape index (κ3) is 4.51. The first-order chi connectivity index (χ1) is 12.7. The summed E-state index contributed by atoms with van der Waals surface area (Å²) >= 11 is 5.20. The van der Waals surface area contributed by atoms with E-state index in [0.717, 1.165) is 18.8 Å². The lowest BCUT2D eigenvalue weighted by atomic mass is 10.0. The Hall–Kier alpha value is -2.18. The molecular weight excluding hydrogens is 346 g/mol. The molecule has 6 heteroatoms. The van der Waals surface area contributed by atoms with Gasteiger partial charge in [-0.1, -0.05) is 12.2 Å². The van der Waals surface area contributed by atoms with E-state index in [0.29, 0.717) is 16.7 Å². The summed E-state index contributed by atoms with van der Waals surface area (Å²) in [5.41, 5.74) is 1.65. The Morgan fingerprint density at radius 1 is 1.23 bits per heavy atom. The second kappa shape index (κ2) is 8.96. The highest BCUT2D eigenvalue weighted by Gasteiger charge is 2.25. The standard InChI is InChI=1S/C20H25N3O2S/c1-25-16-9-7-15(8-10-16)18(23-12-3-2-4-13-23)14-22-19(24)17-6-5-11-21-20(17)26/h5-11,18H,2-4,12-14H2,1H3,(H,21,26)(H,22,24)/t18-/m0/s1. The van der Waals surface area contributed by atoms with Gasteiger partial charge in [0.05, 0.1) is 26.7 Å². The van der Waals surface area contributed by atoms with Crippen LogP contribution in [0.5, 0.6) is 5.75 Å². The van der Waals surface area contributed by atoms with Crippen LogP contribution in [0.15, 0.2) is 47.6 Å². The maximum absolute atomic E-state index is 12.5. The summed E-state index contributed by atoms with van der Waals surface area (Å²) in [6, 6.07) is 11.8. The fourth-order valence-electron chi connectivity index (χ4n) is 3.51. The highest BCUT2D eigenvalue weighted by Crippen LogP contribution is 2.17. The number of rotatable bonds is 6. The number of H-pyrrole nitrogens is 1. The molecule has 0 amide bonds. The molecule has 0 saturated carbocycles. The molecule has 1 fully saturated rings. The normalized spacial score (nSPS) is 17.0. The second-order valence-electron chi connectivity index (χ2n) is 6.60. The lowest BCUT2D eigenvalue weighted by molar-refractivity contribution is -0.934. The van der Waals surface area contributed by atoms with Crippen molar-refractivity contribution in [3.8, 4) is 5.75 Å². The first-order valence-corrected chi connectivity index (χ1v) is 9.48. The maximum atomic E-state index is 12.5. The number of pyridine rings is 1. The van der Waals surface area contributed by atoms with E-state index in [9.17, 15) is 5.11 Å². The molecule has 0 aliphatic carbocycles. The van der Waals surface area contributed by atoms with Crippen molar-refractivity contribution in [3.63, 3.8) is 0 Å². The number of hydrogen-bond acceptors (Lipinski definition) is 4. The SMILES string of the molecule is COc1ccc([C@H](CN=C([O-])c2ccc[nH]c2=S)[NH+]2CCCCC2)cc1. The predicted molar refractivity (Wildman–Crippen MR) is 103 cm³/mol. The summed E-state index contributed by atoms with van der Waals surface area (Å²) in [4.78, 5) is 8.76. The fourth-order valence-corrected chi connectivity index (χ4v) is 3.73. The van der Waals surface area contributed by atoms with Crippen LogP contribution in [0.2, 0.25) is 0 Å². The van der Waals surface area contributed by atoms with Crippen LogP contribution in [0.3, 0.4) is 0 Å². The number of ether oxygens (including phenoxy) is 1. The van der Waals surface area contributed by atoms with E-state index in [4.69, 9.17) is 17.0 Å². The number of aromatic nitrogens is 1. The van der Waals surface area contributed by atoms with E-state index in [2.05, 4.69) is 22.1 Å². The predicted octanol–water partition coefficient (Wildman–Crippen LogP) is 1.67. The van der Waals surface area contributed by atoms with Crippen molar-refractivity contribution in [2.24, 2.45) is 4.99 Å². The summed E-state index contributed by atoms with van der Waals surface area (Å²) in [6.07, 6.45) is 5.45. The van der Waals surface area contributed by atoms with Crippen molar-refractivity contribution >= 4 is 18.1 Å². The third-order valence-corrected chi connectivity index (χ3v) is 5.31. The van der Waals surface area contributed by atoms with Crippen molar-refractivity contribution in [2.75, 3.05) is 26.7 Å². The lowest BCUT2D eigenvalue weighted by Gasteiger charge is -2.31. The van der Waals surface area contributed by atoms with Gasteiger partial charge in [-0.3, -0.25) is 4.99 Å². The molecule has 1 aromatic carbocycles. The van der Waals surface area contributed by atoms with Crippen molar-refractivity contribution in [2.45, 2.75) is 25.3 Å². The number of aromatic amines is 1. The fraction of sp³-hybridized carbons (Fsp3) is 0.400. The molecular formula is C20H25N3O2S. The van der Waals surface area contributed by atoms with Gasteiger partial charge in [0.25, 0.3) is 0 Å². The van der Waals surface area contributed by atoms with Crippen LogP contribution in [0.25, 0.3) is 0 Å². The van der Waals surface area contributed by atoms with Crippen LogP contribution in [0, 0.1) is 4.64 Å². The molecule has 0 unspecified atom stereocenters. The maximum Gasteiger partial charge on any atom is 0.133 e.